The molecular weight excluding hydrogens is 178 g/mol. The van der Waals surface area contributed by atoms with Crippen molar-refractivity contribution < 1.29 is 4.79 Å². The number of aryl methyl sites for hydroxylation is 1. The number of carbonyl (C=O) groups excluding carboxylic acids is 1. The fourth-order valence-corrected chi connectivity index (χ4v) is 1.12. The Balaban J connectivity index is 2.40. The summed E-state index contributed by atoms with van der Waals surface area (Å²) < 4.78 is 1.56. The molecule has 4 heteroatoms. The first-order valence-electron chi connectivity index (χ1n) is 4.63. The van der Waals surface area contributed by atoms with Crippen LogP contribution in [0.2, 0.25) is 0 Å². The van der Waals surface area contributed by atoms with Crippen LogP contribution in [0.5, 0.6) is 0 Å². The van der Waals surface area contributed by atoms with Gasteiger partial charge in [-0.3, -0.25) is 9.48 Å². The van der Waals surface area contributed by atoms with Crippen LogP contribution >= 0.6 is 0 Å². The molecule has 1 aromatic heterocycles. The molecule has 0 unspecified atom stereocenters. The van der Waals surface area contributed by atoms with E-state index in [1.807, 2.05) is 19.1 Å². The zero-order valence-corrected chi connectivity index (χ0v) is 8.53. The molecule has 1 amide bonds. The first kappa shape index (κ1) is 10.5. The summed E-state index contributed by atoms with van der Waals surface area (Å²) in [4.78, 5) is 11.5. The van der Waals surface area contributed by atoms with Gasteiger partial charge in [-0.05, 0) is 19.4 Å². The van der Waals surface area contributed by atoms with Crippen molar-refractivity contribution >= 4 is 5.91 Å². The largest absolute Gasteiger partial charge is 0.350 e. The molecule has 0 saturated carbocycles. The van der Waals surface area contributed by atoms with E-state index < -0.39 is 0 Å². The molecule has 4 nitrogen and oxygen atoms in total. The van der Waals surface area contributed by atoms with Crippen LogP contribution in [0.25, 0.3) is 0 Å². The first-order valence-corrected chi connectivity index (χ1v) is 4.63. The minimum atomic E-state index is -0.0745. The van der Waals surface area contributed by atoms with Crippen molar-refractivity contribution in [3.05, 3.63) is 30.1 Å². The monoisotopic (exact) mass is 193 g/mol. The molecule has 0 atom stereocenters. The molecule has 14 heavy (non-hydrogen) atoms. The van der Waals surface area contributed by atoms with Gasteiger partial charge in [-0.1, -0.05) is 12.2 Å². The summed E-state index contributed by atoms with van der Waals surface area (Å²) in [6.07, 6.45) is 6.46. The molecule has 76 valence electrons. The first-order chi connectivity index (χ1) is 6.75. The second-order valence-electron chi connectivity index (χ2n) is 2.95. The Bertz CT molecular complexity index is 328. The highest BCUT2D eigenvalue weighted by Crippen LogP contribution is 1.95. The molecule has 0 aliphatic rings. The Morgan fingerprint density at radius 2 is 2.50 bits per heavy atom. The summed E-state index contributed by atoms with van der Waals surface area (Å²) in [6.45, 7) is 2.62. The zero-order valence-electron chi connectivity index (χ0n) is 8.53. The van der Waals surface area contributed by atoms with E-state index in [9.17, 15) is 4.79 Å². The average Bonchev–Trinajstić information content (AvgIpc) is 2.59. The van der Waals surface area contributed by atoms with E-state index in [-0.39, 0.29) is 5.91 Å². The number of allylic oxidation sites excluding steroid dienone is 1. The summed E-state index contributed by atoms with van der Waals surface area (Å²) in [7, 11) is 1.75. The molecule has 0 saturated heterocycles. The smallest absolute Gasteiger partial charge is 0.269 e. The molecular formula is C10H15N3O. The molecule has 1 rings (SSSR count). The lowest BCUT2D eigenvalue weighted by Gasteiger charge is -2.02. The predicted molar refractivity (Wildman–Crippen MR) is 55.0 cm³/mol. The van der Waals surface area contributed by atoms with Crippen LogP contribution in [0.3, 0.4) is 0 Å². The van der Waals surface area contributed by atoms with Crippen molar-refractivity contribution in [1.82, 2.24) is 15.1 Å². The molecule has 1 aromatic rings. The summed E-state index contributed by atoms with van der Waals surface area (Å²) in [5.74, 6) is -0.0745. The van der Waals surface area contributed by atoms with Gasteiger partial charge in [0.2, 0.25) is 0 Å². The maximum atomic E-state index is 11.5. The molecule has 1 N–H and O–H groups in total. The van der Waals surface area contributed by atoms with Gasteiger partial charge in [-0.2, -0.15) is 5.10 Å². The van der Waals surface area contributed by atoms with E-state index in [1.165, 1.54) is 0 Å². The molecule has 0 spiro atoms. The van der Waals surface area contributed by atoms with Crippen LogP contribution in [-0.4, -0.2) is 22.2 Å². The van der Waals surface area contributed by atoms with Gasteiger partial charge in [0.1, 0.15) is 5.69 Å². The summed E-state index contributed by atoms with van der Waals surface area (Å²) in [6, 6.07) is 1.70. The van der Waals surface area contributed by atoms with Crippen LogP contribution < -0.4 is 5.32 Å². The maximum absolute atomic E-state index is 11.5. The van der Waals surface area contributed by atoms with Crippen LogP contribution in [0.15, 0.2) is 24.4 Å². The lowest BCUT2D eigenvalue weighted by atomic mass is 10.3. The van der Waals surface area contributed by atoms with Gasteiger partial charge in [-0.15, -0.1) is 0 Å². The highest BCUT2D eigenvalue weighted by Gasteiger charge is 2.07. The highest BCUT2D eigenvalue weighted by atomic mass is 16.2. The normalized spacial score (nSPS) is 10.7. The minimum Gasteiger partial charge on any atom is -0.350 e. The van der Waals surface area contributed by atoms with E-state index in [1.54, 1.807) is 24.0 Å². The topological polar surface area (TPSA) is 46.9 Å². The van der Waals surface area contributed by atoms with Crippen LogP contribution in [-0.2, 0) is 7.05 Å². The highest BCUT2D eigenvalue weighted by molar-refractivity contribution is 5.92. The Morgan fingerprint density at radius 1 is 1.71 bits per heavy atom. The molecule has 0 aliphatic heterocycles. The maximum Gasteiger partial charge on any atom is 0.269 e. The van der Waals surface area contributed by atoms with Crippen molar-refractivity contribution in [1.29, 1.82) is 0 Å². The van der Waals surface area contributed by atoms with Crippen molar-refractivity contribution in [3.8, 4) is 0 Å². The summed E-state index contributed by atoms with van der Waals surface area (Å²) >= 11 is 0. The minimum absolute atomic E-state index is 0.0745. The number of aromatic nitrogens is 2. The van der Waals surface area contributed by atoms with E-state index in [4.69, 9.17) is 0 Å². The number of hydrogen-bond acceptors (Lipinski definition) is 2. The van der Waals surface area contributed by atoms with Crippen molar-refractivity contribution in [2.75, 3.05) is 6.54 Å². The molecule has 0 aliphatic carbocycles. The lowest BCUT2D eigenvalue weighted by Crippen LogP contribution is -2.26. The Hall–Kier alpha value is -1.58. The fourth-order valence-electron chi connectivity index (χ4n) is 1.12. The van der Waals surface area contributed by atoms with Gasteiger partial charge in [-0.25, -0.2) is 0 Å². The van der Waals surface area contributed by atoms with Gasteiger partial charge in [0.25, 0.3) is 5.91 Å². The van der Waals surface area contributed by atoms with Crippen LogP contribution in [0, 0.1) is 0 Å². The van der Waals surface area contributed by atoms with E-state index in [0.29, 0.717) is 12.2 Å². The van der Waals surface area contributed by atoms with E-state index in [2.05, 4.69) is 10.4 Å². The molecule has 0 bridgehead atoms. The third-order valence-electron chi connectivity index (χ3n) is 1.89. The number of amides is 1. The Morgan fingerprint density at radius 3 is 3.07 bits per heavy atom. The number of carbonyl (C=O) groups is 1. The molecule has 1 heterocycles. The standard InChI is InChI=1S/C10H15N3O/c1-3-4-5-7-11-10(14)9-6-8-12-13(9)2/h3-4,6,8H,5,7H2,1-2H3,(H,11,14)/b4-3+. The average molecular weight is 193 g/mol. The summed E-state index contributed by atoms with van der Waals surface area (Å²) in [5, 5.41) is 6.73. The predicted octanol–water partition coefficient (Wildman–Crippen LogP) is 1.12. The van der Waals surface area contributed by atoms with Gasteiger partial charge >= 0.3 is 0 Å². The van der Waals surface area contributed by atoms with Gasteiger partial charge in [0.05, 0.1) is 0 Å². The number of rotatable bonds is 4. The van der Waals surface area contributed by atoms with Crippen molar-refractivity contribution in [2.45, 2.75) is 13.3 Å². The SMILES string of the molecule is C/C=C/CCNC(=O)c1ccnn1C. The van der Waals surface area contributed by atoms with Crippen LogP contribution in [0.1, 0.15) is 23.8 Å². The molecule has 0 fully saturated rings. The van der Waals surface area contributed by atoms with Gasteiger partial charge in [0.15, 0.2) is 0 Å². The number of nitrogens with zero attached hydrogens (tertiary/aromatic N) is 2. The zero-order chi connectivity index (χ0) is 10.4. The summed E-state index contributed by atoms with van der Waals surface area (Å²) in [5.41, 5.74) is 0.588. The Labute approximate surface area is 83.6 Å². The number of nitrogens with one attached hydrogen (secondary N) is 1. The third kappa shape index (κ3) is 2.73. The lowest BCUT2D eigenvalue weighted by molar-refractivity contribution is 0.0945. The quantitative estimate of drug-likeness (QED) is 0.575. The third-order valence-corrected chi connectivity index (χ3v) is 1.89. The Kier molecular flexibility index (Phi) is 3.91. The fraction of sp³-hybridized carbons (Fsp3) is 0.400. The van der Waals surface area contributed by atoms with Crippen LogP contribution in [0.4, 0.5) is 0 Å². The molecule has 0 radical (unpaired) electrons. The second kappa shape index (κ2) is 5.21. The van der Waals surface area contributed by atoms with E-state index >= 15 is 0 Å². The van der Waals surface area contributed by atoms with Crippen molar-refractivity contribution in [2.24, 2.45) is 7.05 Å². The van der Waals surface area contributed by atoms with Crippen molar-refractivity contribution in [3.63, 3.8) is 0 Å². The van der Waals surface area contributed by atoms with Gasteiger partial charge in [0, 0.05) is 19.8 Å². The van der Waals surface area contributed by atoms with E-state index in [0.717, 1.165) is 6.42 Å². The second-order valence-corrected chi connectivity index (χ2v) is 2.95. The number of hydrogen-bond donors (Lipinski definition) is 1. The molecule has 0 aromatic carbocycles. The van der Waals surface area contributed by atoms with Gasteiger partial charge < -0.3 is 5.32 Å².